The normalized spacial score (nSPS) is 15.2. The van der Waals surface area contributed by atoms with Crippen LogP contribution < -0.4 is 15.4 Å². The lowest BCUT2D eigenvalue weighted by Crippen LogP contribution is -2.33. The van der Waals surface area contributed by atoms with Crippen LogP contribution >= 0.6 is 0 Å². The molecule has 26 heavy (non-hydrogen) atoms. The third-order valence-corrected chi connectivity index (χ3v) is 4.26. The lowest BCUT2D eigenvalue weighted by molar-refractivity contribution is 0.243. The number of carbonyl (C=O) groups excluding carboxylic acids is 1. The van der Waals surface area contributed by atoms with E-state index in [1.54, 1.807) is 4.68 Å². The number of nitrogens with one attached hydrogen (secondary N) is 2. The van der Waals surface area contributed by atoms with Crippen molar-refractivity contribution in [1.82, 2.24) is 20.1 Å². The highest BCUT2D eigenvalue weighted by atomic mass is 16.5. The molecule has 7 heteroatoms. The van der Waals surface area contributed by atoms with Gasteiger partial charge in [-0.25, -0.2) is 14.5 Å². The molecule has 7 nitrogen and oxygen atoms in total. The smallest absolute Gasteiger partial charge is 0.319 e. The van der Waals surface area contributed by atoms with E-state index in [2.05, 4.69) is 20.7 Å². The molecule has 0 bridgehead atoms. The Labute approximate surface area is 151 Å². The summed E-state index contributed by atoms with van der Waals surface area (Å²) in [7, 11) is 0. The number of benzene rings is 2. The molecule has 2 amide bonds. The van der Waals surface area contributed by atoms with E-state index in [9.17, 15) is 4.79 Å². The quantitative estimate of drug-likeness (QED) is 0.761. The molecule has 1 aliphatic rings. The van der Waals surface area contributed by atoms with Gasteiger partial charge in [0.2, 0.25) is 0 Å². The van der Waals surface area contributed by atoms with Gasteiger partial charge in [0.1, 0.15) is 24.0 Å². The number of nitrogens with zero attached hydrogens (tertiary/aromatic N) is 3. The summed E-state index contributed by atoms with van der Waals surface area (Å²) < 4.78 is 7.33. The Bertz CT molecular complexity index is 966. The first-order valence-electron chi connectivity index (χ1n) is 8.41. The molecule has 2 N–H and O–H groups in total. The minimum Gasteiger partial charge on any atom is -0.491 e. The average molecular weight is 349 g/mol. The molecule has 0 saturated carbocycles. The van der Waals surface area contributed by atoms with Gasteiger partial charge in [-0.1, -0.05) is 30.3 Å². The first kappa shape index (κ1) is 16.1. The van der Waals surface area contributed by atoms with E-state index >= 15 is 0 Å². The largest absolute Gasteiger partial charge is 0.491 e. The predicted octanol–water partition coefficient (Wildman–Crippen LogP) is 3.14. The molecule has 0 fully saturated rings. The molecule has 0 saturated heterocycles. The number of amides is 2. The van der Waals surface area contributed by atoms with E-state index in [4.69, 9.17) is 4.74 Å². The van der Waals surface area contributed by atoms with Crippen LogP contribution in [0.1, 0.15) is 23.3 Å². The number of para-hydroxylation sites is 3. The lowest BCUT2D eigenvalue weighted by atomic mass is 10.1. The summed E-state index contributed by atoms with van der Waals surface area (Å²) in [4.78, 5) is 16.9. The maximum absolute atomic E-state index is 12.5. The summed E-state index contributed by atoms with van der Waals surface area (Å²) in [5.41, 5.74) is 2.41. The summed E-state index contributed by atoms with van der Waals surface area (Å²) in [5, 5.41) is 10.3. The molecular formula is C19H19N5O2. The van der Waals surface area contributed by atoms with Crippen LogP contribution in [0, 0.1) is 13.8 Å². The van der Waals surface area contributed by atoms with E-state index in [-0.39, 0.29) is 12.1 Å². The van der Waals surface area contributed by atoms with Crippen molar-refractivity contribution >= 4 is 11.7 Å². The zero-order valence-corrected chi connectivity index (χ0v) is 14.6. The second-order valence-electron chi connectivity index (χ2n) is 6.14. The fourth-order valence-corrected chi connectivity index (χ4v) is 3.11. The first-order chi connectivity index (χ1) is 12.6. The second-order valence-corrected chi connectivity index (χ2v) is 6.14. The predicted molar refractivity (Wildman–Crippen MR) is 97.7 cm³/mol. The SMILES string of the molecule is Cc1nc(C)n(-c2ccccc2NC(=O)N[C@@H]2COc3ccccc32)n1. The third kappa shape index (κ3) is 2.99. The van der Waals surface area contributed by atoms with Crippen LogP contribution in [-0.4, -0.2) is 27.4 Å². The number of carbonyl (C=O) groups is 1. The Morgan fingerprint density at radius 2 is 1.92 bits per heavy atom. The van der Waals surface area contributed by atoms with Gasteiger partial charge >= 0.3 is 6.03 Å². The number of hydrogen-bond donors (Lipinski definition) is 2. The van der Waals surface area contributed by atoms with E-state index in [0.29, 0.717) is 18.1 Å². The lowest BCUT2D eigenvalue weighted by Gasteiger charge is -2.15. The zero-order valence-electron chi connectivity index (χ0n) is 14.6. The Morgan fingerprint density at radius 1 is 1.15 bits per heavy atom. The van der Waals surface area contributed by atoms with E-state index in [1.807, 2.05) is 62.4 Å². The Morgan fingerprint density at radius 3 is 2.73 bits per heavy atom. The minimum absolute atomic E-state index is 0.172. The molecule has 3 aromatic rings. The summed E-state index contributed by atoms with van der Waals surface area (Å²) >= 11 is 0. The highest BCUT2D eigenvalue weighted by Crippen LogP contribution is 2.31. The maximum atomic E-state index is 12.5. The van der Waals surface area contributed by atoms with Crippen molar-refractivity contribution in [3.63, 3.8) is 0 Å². The summed E-state index contributed by atoms with van der Waals surface area (Å²) in [6.07, 6.45) is 0. The molecular weight excluding hydrogens is 330 g/mol. The standard InChI is InChI=1S/C19H19N5O2/c1-12-20-13(2)24(23-12)17-9-5-4-8-15(17)21-19(25)22-16-11-26-18-10-6-3-7-14(16)18/h3-10,16H,11H2,1-2H3,(H2,21,22,25)/t16-/m1/s1. The van der Waals surface area contributed by atoms with E-state index in [1.165, 1.54) is 0 Å². The highest BCUT2D eigenvalue weighted by molar-refractivity contribution is 5.91. The molecule has 0 spiro atoms. The highest BCUT2D eigenvalue weighted by Gasteiger charge is 2.25. The number of urea groups is 1. The fourth-order valence-electron chi connectivity index (χ4n) is 3.11. The molecule has 0 unspecified atom stereocenters. The molecule has 0 radical (unpaired) electrons. The molecule has 1 aliphatic heterocycles. The molecule has 2 heterocycles. The van der Waals surface area contributed by atoms with Crippen molar-refractivity contribution in [2.24, 2.45) is 0 Å². The van der Waals surface area contributed by atoms with Gasteiger partial charge in [-0.05, 0) is 32.0 Å². The molecule has 1 atom stereocenters. The Kier molecular flexibility index (Phi) is 4.04. The summed E-state index contributed by atoms with van der Waals surface area (Å²) in [6, 6.07) is 14.7. The number of hydrogen-bond acceptors (Lipinski definition) is 4. The third-order valence-electron chi connectivity index (χ3n) is 4.26. The second kappa shape index (κ2) is 6.51. The number of anilines is 1. The number of rotatable bonds is 3. The van der Waals surface area contributed by atoms with Crippen LogP contribution in [0.2, 0.25) is 0 Å². The summed E-state index contributed by atoms with van der Waals surface area (Å²) in [5.74, 6) is 2.25. The van der Waals surface area contributed by atoms with Gasteiger partial charge in [0, 0.05) is 5.56 Å². The van der Waals surface area contributed by atoms with Crippen LogP contribution in [0.5, 0.6) is 5.75 Å². The van der Waals surface area contributed by atoms with Crippen molar-refractivity contribution < 1.29 is 9.53 Å². The Balaban J connectivity index is 1.53. The van der Waals surface area contributed by atoms with E-state index in [0.717, 1.165) is 22.8 Å². The van der Waals surface area contributed by atoms with Gasteiger partial charge in [0.05, 0.1) is 17.4 Å². The topological polar surface area (TPSA) is 81.1 Å². The van der Waals surface area contributed by atoms with Gasteiger partial charge in [-0.2, -0.15) is 5.10 Å². The maximum Gasteiger partial charge on any atom is 0.319 e. The Hall–Kier alpha value is -3.35. The zero-order chi connectivity index (χ0) is 18.1. The molecule has 4 rings (SSSR count). The van der Waals surface area contributed by atoms with Crippen LogP contribution in [0.15, 0.2) is 48.5 Å². The van der Waals surface area contributed by atoms with Crippen LogP contribution in [-0.2, 0) is 0 Å². The van der Waals surface area contributed by atoms with Crippen molar-refractivity contribution in [2.75, 3.05) is 11.9 Å². The van der Waals surface area contributed by atoms with Gasteiger partial charge in [0.25, 0.3) is 0 Å². The van der Waals surface area contributed by atoms with Crippen LogP contribution in [0.3, 0.4) is 0 Å². The monoisotopic (exact) mass is 349 g/mol. The van der Waals surface area contributed by atoms with Gasteiger partial charge in [-0.3, -0.25) is 0 Å². The molecule has 0 aliphatic carbocycles. The molecule has 1 aromatic heterocycles. The summed E-state index contributed by atoms with van der Waals surface area (Å²) in [6.45, 7) is 4.14. The van der Waals surface area contributed by atoms with Crippen LogP contribution in [0.25, 0.3) is 5.69 Å². The average Bonchev–Trinajstić information content (AvgIpc) is 3.18. The minimum atomic E-state index is -0.294. The van der Waals surface area contributed by atoms with Crippen molar-refractivity contribution in [1.29, 1.82) is 0 Å². The van der Waals surface area contributed by atoms with Gasteiger partial charge in [0.15, 0.2) is 0 Å². The number of fused-ring (bicyclic) bond motifs is 1. The van der Waals surface area contributed by atoms with Crippen molar-refractivity contribution in [2.45, 2.75) is 19.9 Å². The molecule has 2 aromatic carbocycles. The van der Waals surface area contributed by atoms with Crippen molar-refractivity contribution in [3.8, 4) is 11.4 Å². The number of aromatic nitrogens is 3. The number of aryl methyl sites for hydroxylation is 2. The van der Waals surface area contributed by atoms with Gasteiger partial charge < -0.3 is 15.4 Å². The number of ether oxygens (including phenoxy) is 1. The fraction of sp³-hybridized carbons (Fsp3) is 0.211. The van der Waals surface area contributed by atoms with Crippen molar-refractivity contribution in [3.05, 3.63) is 65.7 Å². The first-order valence-corrected chi connectivity index (χ1v) is 8.41. The van der Waals surface area contributed by atoms with Crippen LogP contribution in [0.4, 0.5) is 10.5 Å². The van der Waals surface area contributed by atoms with Gasteiger partial charge in [-0.15, -0.1) is 0 Å². The van der Waals surface area contributed by atoms with E-state index < -0.39 is 0 Å². The molecule has 132 valence electrons.